The van der Waals surface area contributed by atoms with E-state index >= 15 is 0 Å². The second kappa shape index (κ2) is 16.2. The van der Waals surface area contributed by atoms with Gasteiger partial charge in [-0.2, -0.15) is 0 Å². The Kier molecular flexibility index (Phi) is 11.8. The fraction of sp³-hybridized carbons (Fsp3) is 0.556. The van der Waals surface area contributed by atoms with Gasteiger partial charge in [0.2, 0.25) is 0 Å². The van der Waals surface area contributed by atoms with Crippen molar-refractivity contribution < 1.29 is 0 Å². The molecule has 1 saturated heterocycles. The molecule has 1 aliphatic rings. The van der Waals surface area contributed by atoms with E-state index in [1.165, 1.54) is 11.4 Å². The summed E-state index contributed by atoms with van der Waals surface area (Å²) < 4.78 is 0. The number of hydrogen-bond acceptors (Lipinski definition) is 10. The molecule has 10 nitrogen and oxygen atoms in total. The van der Waals surface area contributed by atoms with Gasteiger partial charge in [-0.15, -0.1) is 0 Å². The number of piperazine rings is 1. The quantitative estimate of drug-likeness (QED) is 0.155. The van der Waals surface area contributed by atoms with Crippen molar-refractivity contribution >= 4 is 44.8 Å². The number of benzene rings is 2. The Balaban J connectivity index is 1.19. The molecule has 0 spiro atoms. The van der Waals surface area contributed by atoms with Gasteiger partial charge in [-0.3, -0.25) is 0 Å². The van der Waals surface area contributed by atoms with Crippen molar-refractivity contribution in [1.82, 2.24) is 29.7 Å². The maximum atomic E-state index is 4.63. The first-order valence-corrected chi connectivity index (χ1v) is 17.4. The van der Waals surface area contributed by atoms with Gasteiger partial charge in [0.15, 0.2) is 0 Å². The zero-order chi connectivity index (χ0) is 32.5. The summed E-state index contributed by atoms with van der Waals surface area (Å²) in [5.74, 6) is 1.84. The fourth-order valence-electron chi connectivity index (χ4n) is 6.38. The van der Waals surface area contributed by atoms with Crippen molar-refractivity contribution in [2.75, 3.05) is 85.9 Å². The van der Waals surface area contributed by atoms with E-state index < -0.39 is 0 Å². The van der Waals surface area contributed by atoms with E-state index in [0.29, 0.717) is 12.1 Å². The summed E-state index contributed by atoms with van der Waals surface area (Å²) in [7, 11) is 0. The third-order valence-corrected chi connectivity index (χ3v) is 9.56. The zero-order valence-electron chi connectivity index (χ0n) is 28.8. The van der Waals surface area contributed by atoms with Crippen LogP contribution in [0.15, 0.2) is 49.1 Å². The highest BCUT2D eigenvalue weighted by molar-refractivity contribution is 5.92. The van der Waals surface area contributed by atoms with Crippen LogP contribution >= 0.6 is 0 Å². The standard InChI is InChI=1S/C36H54N10/c1-7-43(8-2)17-15-27(5)41-35-31-13-11-29(23-33(31)37-25-39-35)45-19-21-46(22-20-45)30-12-14-32-34(24-30)38-26-40-36(32)42-28(6)16-18-44(9-3)10-4/h11-14,23-28H,7-10,15-22H2,1-6H3,(H,37,39,41)(H,38,40,42). The van der Waals surface area contributed by atoms with Gasteiger partial charge in [0.05, 0.1) is 11.0 Å². The first-order valence-electron chi connectivity index (χ1n) is 17.4. The van der Waals surface area contributed by atoms with Gasteiger partial charge in [-0.1, -0.05) is 27.7 Å². The van der Waals surface area contributed by atoms with E-state index in [4.69, 9.17) is 0 Å². The number of aromatic nitrogens is 4. The van der Waals surface area contributed by atoms with Crippen LogP contribution in [0.3, 0.4) is 0 Å². The second-order valence-corrected chi connectivity index (χ2v) is 12.5. The molecule has 1 aliphatic heterocycles. The molecule has 1 fully saturated rings. The molecule has 2 atom stereocenters. The smallest absolute Gasteiger partial charge is 0.137 e. The van der Waals surface area contributed by atoms with E-state index in [1.807, 2.05) is 0 Å². The molecular formula is C36H54N10. The van der Waals surface area contributed by atoms with Crippen LogP contribution in [-0.2, 0) is 0 Å². The fourth-order valence-corrected chi connectivity index (χ4v) is 6.38. The summed E-state index contributed by atoms with van der Waals surface area (Å²) in [6.07, 6.45) is 5.52. The minimum absolute atomic E-state index is 0.335. The normalized spacial score (nSPS) is 15.2. The highest BCUT2D eigenvalue weighted by atomic mass is 15.3. The topological polar surface area (TPSA) is 88.6 Å². The third-order valence-electron chi connectivity index (χ3n) is 9.56. The third kappa shape index (κ3) is 8.33. The van der Waals surface area contributed by atoms with Gasteiger partial charge in [-0.05, 0) is 89.3 Å². The Hall–Kier alpha value is -3.76. The van der Waals surface area contributed by atoms with Crippen LogP contribution in [0.1, 0.15) is 54.4 Å². The van der Waals surface area contributed by atoms with Gasteiger partial charge >= 0.3 is 0 Å². The lowest BCUT2D eigenvalue weighted by molar-refractivity contribution is 0.295. The number of fused-ring (bicyclic) bond motifs is 2. The molecule has 3 heterocycles. The summed E-state index contributed by atoms with van der Waals surface area (Å²) in [5.41, 5.74) is 4.38. The van der Waals surface area contributed by atoms with Crippen molar-refractivity contribution in [3.8, 4) is 0 Å². The Morgan fingerprint density at radius 1 is 0.609 bits per heavy atom. The number of anilines is 4. The van der Waals surface area contributed by atoms with Gasteiger partial charge in [0.25, 0.3) is 0 Å². The Morgan fingerprint density at radius 2 is 1.00 bits per heavy atom. The first-order chi connectivity index (χ1) is 22.4. The molecular weight excluding hydrogens is 572 g/mol. The molecule has 5 rings (SSSR count). The lowest BCUT2D eigenvalue weighted by atomic mass is 10.1. The van der Waals surface area contributed by atoms with Crippen molar-refractivity contribution in [1.29, 1.82) is 0 Å². The number of nitrogens with one attached hydrogen (secondary N) is 2. The molecule has 2 N–H and O–H groups in total. The SMILES string of the molecule is CCN(CC)CCC(C)Nc1ncnc2cc(N3CCN(c4ccc5c(NC(C)CCN(CC)CC)ncnc5c4)CC3)ccc12. The largest absolute Gasteiger partial charge is 0.368 e. The van der Waals surface area contributed by atoms with Crippen LogP contribution in [0.2, 0.25) is 0 Å². The molecule has 10 heteroatoms. The predicted octanol–water partition coefficient (Wildman–Crippen LogP) is 5.96. The number of nitrogens with zero attached hydrogens (tertiary/aromatic N) is 8. The molecule has 248 valence electrons. The highest BCUT2D eigenvalue weighted by Gasteiger charge is 2.20. The molecule has 4 aromatic rings. The highest BCUT2D eigenvalue weighted by Crippen LogP contribution is 2.29. The molecule has 0 saturated carbocycles. The summed E-state index contributed by atoms with van der Waals surface area (Å²) in [4.78, 5) is 28.3. The van der Waals surface area contributed by atoms with Crippen LogP contribution in [0.5, 0.6) is 0 Å². The van der Waals surface area contributed by atoms with Crippen molar-refractivity contribution in [2.45, 2.75) is 66.5 Å². The average molecular weight is 627 g/mol. The Morgan fingerprint density at radius 3 is 1.37 bits per heavy atom. The minimum atomic E-state index is 0.335. The summed E-state index contributed by atoms with van der Waals surface area (Å²) in [6.45, 7) is 23.7. The second-order valence-electron chi connectivity index (χ2n) is 12.5. The van der Waals surface area contributed by atoms with Crippen LogP contribution in [0.25, 0.3) is 21.8 Å². The van der Waals surface area contributed by atoms with E-state index in [-0.39, 0.29) is 0 Å². The van der Waals surface area contributed by atoms with Gasteiger partial charge in [0.1, 0.15) is 24.3 Å². The zero-order valence-corrected chi connectivity index (χ0v) is 28.8. The molecule has 2 aromatic heterocycles. The maximum Gasteiger partial charge on any atom is 0.137 e. The van der Waals surface area contributed by atoms with Crippen LogP contribution in [0.4, 0.5) is 23.0 Å². The van der Waals surface area contributed by atoms with Crippen molar-refractivity contribution in [3.63, 3.8) is 0 Å². The summed E-state index contributed by atoms with van der Waals surface area (Å²) >= 11 is 0. The molecule has 0 bridgehead atoms. The van der Waals surface area contributed by atoms with E-state index in [1.54, 1.807) is 12.7 Å². The first kappa shape index (κ1) is 33.6. The van der Waals surface area contributed by atoms with Gasteiger partial charge < -0.3 is 30.2 Å². The maximum absolute atomic E-state index is 4.63. The van der Waals surface area contributed by atoms with Crippen molar-refractivity contribution in [2.24, 2.45) is 0 Å². The van der Waals surface area contributed by atoms with E-state index in [2.05, 4.69) is 128 Å². The molecule has 0 aliphatic carbocycles. The Labute approximate surface area is 275 Å². The predicted molar refractivity (Wildman–Crippen MR) is 194 cm³/mol. The van der Waals surface area contributed by atoms with E-state index in [0.717, 1.165) is 112 Å². The average Bonchev–Trinajstić information content (AvgIpc) is 3.09. The lowest BCUT2D eigenvalue weighted by Crippen LogP contribution is -2.46. The molecule has 46 heavy (non-hydrogen) atoms. The van der Waals surface area contributed by atoms with Crippen LogP contribution < -0.4 is 20.4 Å². The van der Waals surface area contributed by atoms with Gasteiger partial charge in [-0.25, -0.2) is 19.9 Å². The van der Waals surface area contributed by atoms with Gasteiger partial charge in [0, 0.05) is 73.5 Å². The molecule has 2 aromatic carbocycles. The number of hydrogen-bond donors (Lipinski definition) is 2. The van der Waals surface area contributed by atoms with Crippen LogP contribution in [-0.4, -0.2) is 107 Å². The summed E-state index contributed by atoms with van der Waals surface area (Å²) in [5, 5.41) is 9.42. The lowest BCUT2D eigenvalue weighted by Gasteiger charge is -2.37. The summed E-state index contributed by atoms with van der Waals surface area (Å²) in [6, 6.07) is 13.9. The Bertz CT molecular complexity index is 1410. The number of rotatable bonds is 16. The molecule has 0 radical (unpaired) electrons. The monoisotopic (exact) mass is 626 g/mol. The van der Waals surface area contributed by atoms with E-state index in [9.17, 15) is 0 Å². The van der Waals surface area contributed by atoms with Crippen LogP contribution in [0, 0.1) is 0 Å². The molecule has 2 unspecified atom stereocenters. The minimum Gasteiger partial charge on any atom is -0.368 e. The van der Waals surface area contributed by atoms with Crippen molar-refractivity contribution in [3.05, 3.63) is 49.1 Å². The molecule has 0 amide bonds.